The summed E-state index contributed by atoms with van der Waals surface area (Å²) in [5.74, 6) is 0. The summed E-state index contributed by atoms with van der Waals surface area (Å²) in [7, 11) is 0. The number of hydrogen-bond donors (Lipinski definition) is 0. The summed E-state index contributed by atoms with van der Waals surface area (Å²) in [6.45, 7) is 4.00. The average Bonchev–Trinajstić information content (AvgIpc) is 3.37. The first-order valence-corrected chi connectivity index (χ1v) is 16.1. The van der Waals surface area contributed by atoms with Gasteiger partial charge in [0.05, 0.1) is 0 Å². The van der Waals surface area contributed by atoms with Crippen molar-refractivity contribution in [3.8, 4) is 22.3 Å². The van der Waals surface area contributed by atoms with E-state index in [9.17, 15) is 0 Å². The first-order valence-electron chi connectivity index (χ1n) is 16.1. The molecule has 2 aliphatic rings. The minimum Gasteiger partial charge on any atom is -0.120 e. The third-order valence-corrected chi connectivity index (χ3v) is 8.75. The van der Waals surface area contributed by atoms with Crippen LogP contribution in [0.15, 0.2) is 151 Å². The van der Waals surface area contributed by atoms with Crippen molar-refractivity contribution in [2.75, 3.05) is 0 Å². The second kappa shape index (κ2) is 12.7. The van der Waals surface area contributed by atoms with Crippen LogP contribution in [0.25, 0.3) is 67.1 Å². The van der Waals surface area contributed by atoms with Gasteiger partial charge >= 0.3 is 0 Å². The summed E-state index contributed by atoms with van der Waals surface area (Å²) in [4.78, 5) is 0. The molecule has 45 heavy (non-hydrogen) atoms. The fourth-order valence-electron chi connectivity index (χ4n) is 6.83. The summed E-state index contributed by atoms with van der Waals surface area (Å²) in [5, 5.41) is 7.74. The van der Waals surface area contributed by atoms with Crippen LogP contribution >= 0.6 is 0 Å². The highest BCUT2D eigenvalue weighted by Crippen LogP contribution is 2.36. The van der Waals surface area contributed by atoms with E-state index >= 15 is 0 Å². The van der Waals surface area contributed by atoms with Crippen LogP contribution in [0.5, 0.6) is 0 Å². The lowest BCUT2D eigenvalue weighted by atomic mass is 9.84. The van der Waals surface area contributed by atoms with Gasteiger partial charge in [-0.05, 0) is 102 Å². The zero-order chi connectivity index (χ0) is 30.6. The highest BCUT2D eigenvalue weighted by Gasteiger charge is 2.18. The predicted octanol–water partition coefficient (Wildman–Crippen LogP) is 10.9. The first kappa shape index (κ1) is 28.4. The second-order valence-electron chi connectivity index (χ2n) is 11.2. The Morgan fingerprint density at radius 1 is 0.444 bits per heavy atom. The van der Waals surface area contributed by atoms with Gasteiger partial charge in [0, 0.05) is 0 Å². The van der Waals surface area contributed by atoms with Gasteiger partial charge in [-0.1, -0.05) is 159 Å². The van der Waals surface area contributed by atoms with Crippen LogP contribution in [0, 0.1) is 0 Å². The van der Waals surface area contributed by atoms with Crippen LogP contribution in [-0.2, 0) is 0 Å². The summed E-state index contributed by atoms with van der Waals surface area (Å²) < 4.78 is 0. The van der Waals surface area contributed by atoms with Crippen molar-refractivity contribution in [1.29, 1.82) is 0 Å². The van der Waals surface area contributed by atoms with Gasteiger partial charge in [0.25, 0.3) is 0 Å². The Hall–Kier alpha value is -5.42. The number of rotatable bonds is 4. The van der Waals surface area contributed by atoms with Crippen molar-refractivity contribution in [3.63, 3.8) is 0 Å². The smallest absolute Gasteiger partial charge is 0.00235 e. The maximum Gasteiger partial charge on any atom is -0.00235 e. The van der Waals surface area contributed by atoms with Crippen molar-refractivity contribution in [2.45, 2.75) is 26.7 Å². The van der Waals surface area contributed by atoms with E-state index in [1.54, 1.807) is 0 Å². The highest BCUT2D eigenvalue weighted by molar-refractivity contribution is 6.07. The average molecular weight is 577 g/mol. The van der Waals surface area contributed by atoms with Crippen molar-refractivity contribution in [3.05, 3.63) is 173 Å². The SMILES string of the molecule is C1=CC(c2cccc3ccccc23)=CC=C(c2c3c(c(-c4ccccc4-c4ccccc4)c4ccccc24)=CCCC=3)C=1.CC. The monoisotopic (exact) mass is 576 g/mol. The van der Waals surface area contributed by atoms with Crippen molar-refractivity contribution in [1.82, 2.24) is 0 Å². The van der Waals surface area contributed by atoms with E-state index in [1.165, 1.54) is 76.5 Å². The molecule has 0 saturated heterocycles. The molecule has 0 amide bonds. The summed E-state index contributed by atoms with van der Waals surface area (Å²) in [6.07, 6.45) is 15.8. The molecule has 6 aromatic rings. The third-order valence-electron chi connectivity index (χ3n) is 8.75. The molecule has 0 spiro atoms. The van der Waals surface area contributed by atoms with Crippen molar-refractivity contribution >= 4 is 44.8 Å². The molecule has 0 radical (unpaired) electrons. The minimum atomic E-state index is 1.04. The predicted molar refractivity (Wildman–Crippen MR) is 196 cm³/mol. The zero-order valence-electron chi connectivity index (χ0n) is 25.9. The Labute approximate surface area is 266 Å². The van der Waals surface area contributed by atoms with Crippen LogP contribution < -0.4 is 10.4 Å². The molecule has 2 aliphatic carbocycles. The molecule has 6 aromatic carbocycles. The second-order valence-corrected chi connectivity index (χ2v) is 11.2. The molecule has 0 nitrogen and oxygen atoms in total. The molecule has 0 atom stereocenters. The van der Waals surface area contributed by atoms with Gasteiger partial charge < -0.3 is 0 Å². The molecular weight excluding hydrogens is 540 g/mol. The maximum absolute atomic E-state index is 3.55. The maximum atomic E-state index is 3.55. The van der Waals surface area contributed by atoms with E-state index in [1.807, 2.05) is 13.8 Å². The van der Waals surface area contributed by atoms with Gasteiger partial charge in [-0.2, -0.15) is 0 Å². The van der Waals surface area contributed by atoms with E-state index in [4.69, 9.17) is 0 Å². The molecule has 216 valence electrons. The summed E-state index contributed by atoms with van der Waals surface area (Å²) in [6, 6.07) is 43.7. The van der Waals surface area contributed by atoms with Gasteiger partial charge in [-0.25, -0.2) is 0 Å². The molecule has 0 saturated carbocycles. The summed E-state index contributed by atoms with van der Waals surface area (Å²) in [5.41, 5.74) is 13.5. The normalized spacial score (nSPS) is 13.5. The van der Waals surface area contributed by atoms with Gasteiger partial charge in [-0.15, -0.1) is 5.73 Å². The lowest BCUT2D eigenvalue weighted by molar-refractivity contribution is 1.12. The fraction of sp³-hybridized carbons (Fsp3) is 0.0889. The Balaban J connectivity index is 0.00000160. The highest BCUT2D eigenvalue weighted by atomic mass is 14.2. The Kier molecular flexibility index (Phi) is 7.98. The molecule has 0 aliphatic heterocycles. The Morgan fingerprint density at radius 2 is 0.978 bits per heavy atom. The topological polar surface area (TPSA) is 0 Å². The largest absolute Gasteiger partial charge is 0.120 e. The number of allylic oxidation sites excluding steroid dienone is 5. The molecule has 0 unspecified atom stereocenters. The van der Waals surface area contributed by atoms with E-state index in [0.717, 1.165) is 12.8 Å². The standard InChI is InChI=1S/C43H30.C2H6/c1-2-14-30(15-3-1)36-21-6-7-22-37(36)43-40-25-10-8-23-38(40)42(39-24-9-11-26-41(39)43)33-19-12-17-32(28-29-33)35-27-13-18-31-16-4-5-20-34(31)35;1-2/h1-8,10,13-29H,9,11H2;1-2H3. The van der Waals surface area contributed by atoms with Crippen molar-refractivity contribution in [2.24, 2.45) is 0 Å². The number of benzene rings is 6. The molecule has 0 bridgehead atoms. The van der Waals surface area contributed by atoms with Crippen molar-refractivity contribution < 1.29 is 0 Å². The fourth-order valence-corrected chi connectivity index (χ4v) is 6.83. The van der Waals surface area contributed by atoms with Gasteiger partial charge in [0.2, 0.25) is 0 Å². The molecule has 0 N–H and O–H groups in total. The molecular formula is C45H36. The van der Waals surface area contributed by atoms with Gasteiger partial charge in [-0.3, -0.25) is 0 Å². The lowest BCUT2D eigenvalue weighted by Gasteiger charge is -2.19. The van der Waals surface area contributed by atoms with E-state index in [2.05, 4.69) is 164 Å². The van der Waals surface area contributed by atoms with E-state index < -0.39 is 0 Å². The van der Waals surface area contributed by atoms with Crippen LogP contribution in [0.2, 0.25) is 0 Å². The van der Waals surface area contributed by atoms with E-state index in [-0.39, 0.29) is 0 Å². The van der Waals surface area contributed by atoms with Crippen LogP contribution in [0.3, 0.4) is 0 Å². The van der Waals surface area contributed by atoms with E-state index in [0.29, 0.717) is 0 Å². The third kappa shape index (κ3) is 5.21. The quantitative estimate of drug-likeness (QED) is 0.183. The molecule has 0 heteroatoms. The lowest BCUT2D eigenvalue weighted by Crippen LogP contribution is -2.32. The Bertz CT molecular complexity index is 2300. The summed E-state index contributed by atoms with van der Waals surface area (Å²) >= 11 is 0. The minimum absolute atomic E-state index is 1.04. The van der Waals surface area contributed by atoms with Crippen LogP contribution in [-0.4, -0.2) is 0 Å². The molecule has 0 aromatic heterocycles. The van der Waals surface area contributed by atoms with Crippen LogP contribution in [0.4, 0.5) is 0 Å². The first-order chi connectivity index (χ1) is 22.4. The van der Waals surface area contributed by atoms with Gasteiger partial charge in [0.15, 0.2) is 0 Å². The number of fused-ring (bicyclic) bond motifs is 3. The Morgan fingerprint density at radius 3 is 1.76 bits per heavy atom. The molecule has 0 fully saturated rings. The molecule has 8 rings (SSSR count). The zero-order valence-corrected chi connectivity index (χ0v) is 25.9. The molecule has 0 heterocycles. The number of hydrogen-bond acceptors (Lipinski definition) is 0. The van der Waals surface area contributed by atoms with Crippen LogP contribution in [0.1, 0.15) is 37.8 Å². The van der Waals surface area contributed by atoms with Gasteiger partial charge in [0.1, 0.15) is 0 Å².